The summed E-state index contributed by atoms with van der Waals surface area (Å²) in [6.07, 6.45) is 3.81. The molecule has 2 fully saturated rings. The lowest BCUT2D eigenvalue weighted by molar-refractivity contribution is 0.254. The highest BCUT2D eigenvalue weighted by Crippen LogP contribution is 2.30. The third-order valence-corrected chi connectivity index (χ3v) is 4.73. The van der Waals surface area contributed by atoms with Gasteiger partial charge in [0.15, 0.2) is 0 Å². The molecule has 0 aliphatic carbocycles. The van der Waals surface area contributed by atoms with Crippen molar-refractivity contribution in [2.75, 3.05) is 31.6 Å². The molecule has 2 saturated heterocycles. The molecular formula is C14H25N5O. The molecule has 3 heterocycles. The van der Waals surface area contributed by atoms with Crippen LogP contribution in [0.15, 0.2) is 4.42 Å². The maximum absolute atomic E-state index is 5.86. The average molecular weight is 279 g/mol. The highest BCUT2D eigenvalue weighted by atomic mass is 16.4. The second-order valence-electron chi connectivity index (χ2n) is 5.99. The molecule has 20 heavy (non-hydrogen) atoms. The Morgan fingerprint density at radius 2 is 2.10 bits per heavy atom. The van der Waals surface area contributed by atoms with E-state index in [0.717, 1.165) is 25.7 Å². The van der Waals surface area contributed by atoms with E-state index >= 15 is 0 Å². The van der Waals surface area contributed by atoms with Crippen LogP contribution in [0.2, 0.25) is 0 Å². The van der Waals surface area contributed by atoms with E-state index in [1.54, 1.807) is 0 Å². The largest absolute Gasteiger partial charge is 0.406 e. The fourth-order valence-corrected chi connectivity index (χ4v) is 3.41. The lowest BCUT2D eigenvalue weighted by Gasteiger charge is -2.24. The van der Waals surface area contributed by atoms with E-state index in [1.807, 2.05) is 0 Å². The number of aromatic nitrogens is 2. The highest BCUT2D eigenvalue weighted by molar-refractivity contribution is 5.26. The van der Waals surface area contributed by atoms with E-state index in [0.29, 0.717) is 17.9 Å². The molecule has 3 atom stereocenters. The summed E-state index contributed by atoms with van der Waals surface area (Å²) in [6, 6.07) is 2.16. The minimum Gasteiger partial charge on any atom is -0.406 e. The molecule has 0 spiro atoms. The molecule has 0 aromatic carbocycles. The van der Waals surface area contributed by atoms with Crippen LogP contribution in [0.5, 0.6) is 0 Å². The van der Waals surface area contributed by atoms with E-state index in [1.165, 1.54) is 19.3 Å². The summed E-state index contributed by atoms with van der Waals surface area (Å²) in [5.74, 6) is 0.685. The highest BCUT2D eigenvalue weighted by Gasteiger charge is 2.36. The Kier molecular flexibility index (Phi) is 3.94. The molecule has 0 saturated carbocycles. The van der Waals surface area contributed by atoms with Gasteiger partial charge in [0.2, 0.25) is 5.89 Å². The minimum atomic E-state index is 0.118. The molecule has 112 valence electrons. The van der Waals surface area contributed by atoms with Crippen molar-refractivity contribution in [1.29, 1.82) is 0 Å². The Morgan fingerprint density at radius 1 is 1.30 bits per heavy atom. The Hall–Kier alpha value is -1.14. The van der Waals surface area contributed by atoms with Crippen molar-refractivity contribution >= 4 is 6.01 Å². The van der Waals surface area contributed by atoms with Gasteiger partial charge in [0, 0.05) is 25.2 Å². The standard InChI is InChI=1S/C14H25N5O/c1-4-15-10(2)13-16-17-14(20-13)19-8-7-11-5-6-12(9-19)18(11)3/h10-12,15H,4-9H2,1-3H3. The van der Waals surface area contributed by atoms with Gasteiger partial charge in [0.05, 0.1) is 6.04 Å². The first-order chi connectivity index (χ1) is 9.69. The molecule has 3 rings (SSSR count). The topological polar surface area (TPSA) is 57.4 Å². The van der Waals surface area contributed by atoms with Crippen molar-refractivity contribution in [3.8, 4) is 0 Å². The predicted octanol–water partition coefficient (Wildman–Crippen LogP) is 1.41. The van der Waals surface area contributed by atoms with Gasteiger partial charge in [-0.1, -0.05) is 12.0 Å². The number of likely N-dealkylation sites (N-methyl/N-ethyl adjacent to an activating group) is 1. The monoisotopic (exact) mass is 279 g/mol. The van der Waals surface area contributed by atoms with E-state index in [4.69, 9.17) is 4.42 Å². The van der Waals surface area contributed by atoms with Crippen molar-refractivity contribution in [1.82, 2.24) is 20.4 Å². The summed E-state index contributed by atoms with van der Waals surface area (Å²) >= 11 is 0. The molecular weight excluding hydrogens is 254 g/mol. The van der Waals surface area contributed by atoms with Crippen molar-refractivity contribution in [2.24, 2.45) is 0 Å². The fourth-order valence-electron chi connectivity index (χ4n) is 3.41. The van der Waals surface area contributed by atoms with Gasteiger partial charge in [-0.3, -0.25) is 4.90 Å². The Bertz CT molecular complexity index is 449. The van der Waals surface area contributed by atoms with Crippen LogP contribution >= 0.6 is 0 Å². The van der Waals surface area contributed by atoms with Crippen LogP contribution in [0.4, 0.5) is 6.01 Å². The van der Waals surface area contributed by atoms with Crippen molar-refractivity contribution in [3.63, 3.8) is 0 Å². The van der Waals surface area contributed by atoms with E-state index in [9.17, 15) is 0 Å². The first kappa shape index (κ1) is 13.8. The van der Waals surface area contributed by atoms with E-state index in [-0.39, 0.29) is 6.04 Å². The van der Waals surface area contributed by atoms with E-state index in [2.05, 4.69) is 46.2 Å². The van der Waals surface area contributed by atoms with Crippen LogP contribution in [-0.4, -0.2) is 53.9 Å². The Balaban J connectivity index is 1.70. The average Bonchev–Trinajstić information content (AvgIpc) is 2.97. The van der Waals surface area contributed by atoms with Crippen molar-refractivity contribution in [2.45, 2.75) is 51.2 Å². The molecule has 0 amide bonds. The molecule has 2 aliphatic rings. The third kappa shape index (κ3) is 2.54. The van der Waals surface area contributed by atoms with Crippen LogP contribution in [0.3, 0.4) is 0 Å². The van der Waals surface area contributed by atoms with Gasteiger partial charge in [0.25, 0.3) is 0 Å². The maximum atomic E-state index is 5.86. The van der Waals surface area contributed by atoms with Crippen LogP contribution in [-0.2, 0) is 0 Å². The first-order valence-corrected chi connectivity index (χ1v) is 7.72. The van der Waals surface area contributed by atoms with Crippen LogP contribution in [0, 0.1) is 0 Å². The van der Waals surface area contributed by atoms with Gasteiger partial charge in [-0.25, -0.2) is 0 Å². The zero-order valence-corrected chi connectivity index (χ0v) is 12.7. The quantitative estimate of drug-likeness (QED) is 0.899. The van der Waals surface area contributed by atoms with Gasteiger partial charge in [-0.2, -0.15) is 0 Å². The number of hydrogen-bond donors (Lipinski definition) is 1. The minimum absolute atomic E-state index is 0.118. The molecule has 6 heteroatoms. The summed E-state index contributed by atoms with van der Waals surface area (Å²) in [7, 11) is 2.25. The van der Waals surface area contributed by atoms with Gasteiger partial charge in [-0.05, 0) is 39.8 Å². The molecule has 6 nitrogen and oxygen atoms in total. The van der Waals surface area contributed by atoms with Gasteiger partial charge < -0.3 is 14.6 Å². The summed E-state index contributed by atoms with van der Waals surface area (Å²) < 4.78 is 5.86. The second kappa shape index (κ2) is 5.69. The Morgan fingerprint density at radius 3 is 2.90 bits per heavy atom. The first-order valence-electron chi connectivity index (χ1n) is 7.72. The number of hydrogen-bond acceptors (Lipinski definition) is 6. The van der Waals surface area contributed by atoms with Crippen LogP contribution in [0.25, 0.3) is 0 Å². The number of rotatable bonds is 4. The summed E-state index contributed by atoms with van der Waals surface area (Å²) in [6.45, 7) is 7.05. The zero-order chi connectivity index (χ0) is 14.1. The number of nitrogens with zero attached hydrogens (tertiary/aromatic N) is 4. The molecule has 1 aromatic rings. The Labute approximate surface area is 120 Å². The molecule has 2 aliphatic heterocycles. The van der Waals surface area contributed by atoms with Gasteiger partial charge in [0.1, 0.15) is 0 Å². The zero-order valence-electron chi connectivity index (χ0n) is 12.7. The number of nitrogens with one attached hydrogen (secondary N) is 1. The number of fused-ring (bicyclic) bond motifs is 2. The lowest BCUT2D eigenvalue weighted by atomic mass is 10.1. The van der Waals surface area contributed by atoms with E-state index < -0.39 is 0 Å². The SMILES string of the molecule is CCNC(C)c1nnc(N2CCC3CCC(C2)N3C)o1. The molecule has 1 aromatic heterocycles. The third-order valence-electron chi connectivity index (χ3n) is 4.73. The lowest BCUT2D eigenvalue weighted by Crippen LogP contribution is -2.36. The van der Waals surface area contributed by atoms with Crippen molar-refractivity contribution in [3.05, 3.63) is 5.89 Å². The second-order valence-corrected chi connectivity index (χ2v) is 5.99. The summed E-state index contributed by atoms with van der Waals surface area (Å²) in [5.41, 5.74) is 0. The predicted molar refractivity (Wildman–Crippen MR) is 77.8 cm³/mol. The summed E-state index contributed by atoms with van der Waals surface area (Å²) in [5, 5.41) is 11.7. The van der Waals surface area contributed by atoms with Gasteiger partial charge >= 0.3 is 6.01 Å². The van der Waals surface area contributed by atoms with Crippen molar-refractivity contribution < 1.29 is 4.42 Å². The molecule has 0 radical (unpaired) electrons. The smallest absolute Gasteiger partial charge is 0.318 e. The molecule has 1 N–H and O–H groups in total. The normalized spacial score (nSPS) is 28.6. The van der Waals surface area contributed by atoms with Crippen LogP contribution in [0.1, 0.15) is 45.0 Å². The fraction of sp³-hybridized carbons (Fsp3) is 0.857. The number of anilines is 1. The molecule has 3 unspecified atom stereocenters. The molecule has 2 bridgehead atoms. The van der Waals surface area contributed by atoms with Crippen LogP contribution < -0.4 is 10.2 Å². The maximum Gasteiger partial charge on any atom is 0.318 e. The van der Waals surface area contributed by atoms with Gasteiger partial charge in [-0.15, -0.1) is 5.10 Å². The summed E-state index contributed by atoms with van der Waals surface area (Å²) in [4.78, 5) is 4.79.